The SMILES string of the molecule is Cc1nnc(CNC(=O)CCCOc2ccccc2)o1. The highest BCUT2D eigenvalue weighted by atomic mass is 16.5. The molecule has 1 aromatic carbocycles. The van der Waals surface area contributed by atoms with Crippen LogP contribution < -0.4 is 10.1 Å². The lowest BCUT2D eigenvalue weighted by molar-refractivity contribution is -0.121. The molecule has 0 saturated carbocycles. The Morgan fingerprint density at radius 3 is 2.80 bits per heavy atom. The van der Waals surface area contributed by atoms with E-state index in [0.29, 0.717) is 31.2 Å². The molecule has 6 heteroatoms. The van der Waals surface area contributed by atoms with Gasteiger partial charge < -0.3 is 14.5 Å². The molecule has 0 spiro atoms. The van der Waals surface area contributed by atoms with E-state index in [2.05, 4.69) is 15.5 Å². The number of carbonyl (C=O) groups excluding carboxylic acids is 1. The predicted molar refractivity (Wildman–Crippen MR) is 72.1 cm³/mol. The van der Waals surface area contributed by atoms with Gasteiger partial charge in [-0.2, -0.15) is 0 Å². The minimum atomic E-state index is -0.0579. The normalized spacial score (nSPS) is 10.2. The van der Waals surface area contributed by atoms with Crippen LogP contribution in [0.4, 0.5) is 0 Å². The topological polar surface area (TPSA) is 77.2 Å². The summed E-state index contributed by atoms with van der Waals surface area (Å²) >= 11 is 0. The van der Waals surface area contributed by atoms with Crippen LogP contribution in [0.15, 0.2) is 34.7 Å². The number of carbonyl (C=O) groups is 1. The molecule has 0 saturated heterocycles. The Morgan fingerprint density at radius 2 is 2.10 bits per heavy atom. The number of nitrogens with zero attached hydrogens (tertiary/aromatic N) is 2. The van der Waals surface area contributed by atoms with Gasteiger partial charge in [0.15, 0.2) is 0 Å². The molecule has 0 aliphatic rings. The monoisotopic (exact) mass is 275 g/mol. The van der Waals surface area contributed by atoms with Crippen molar-refractivity contribution in [2.45, 2.75) is 26.3 Å². The molecule has 2 aromatic rings. The second-order valence-electron chi connectivity index (χ2n) is 4.26. The van der Waals surface area contributed by atoms with E-state index >= 15 is 0 Å². The molecular weight excluding hydrogens is 258 g/mol. The summed E-state index contributed by atoms with van der Waals surface area (Å²) in [5.41, 5.74) is 0. The van der Waals surface area contributed by atoms with Crippen LogP contribution in [0, 0.1) is 6.92 Å². The number of ether oxygens (including phenoxy) is 1. The van der Waals surface area contributed by atoms with Crippen molar-refractivity contribution in [1.82, 2.24) is 15.5 Å². The van der Waals surface area contributed by atoms with Gasteiger partial charge in [-0.05, 0) is 18.6 Å². The molecule has 1 N–H and O–H groups in total. The van der Waals surface area contributed by atoms with E-state index < -0.39 is 0 Å². The van der Waals surface area contributed by atoms with Crippen LogP contribution in [0.2, 0.25) is 0 Å². The highest BCUT2D eigenvalue weighted by molar-refractivity contribution is 5.75. The van der Waals surface area contributed by atoms with E-state index in [1.54, 1.807) is 6.92 Å². The van der Waals surface area contributed by atoms with E-state index in [-0.39, 0.29) is 12.5 Å². The molecule has 6 nitrogen and oxygen atoms in total. The third-order valence-corrected chi connectivity index (χ3v) is 2.56. The fraction of sp³-hybridized carbons (Fsp3) is 0.357. The number of rotatable bonds is 7. The van der Waals surface area contributed by atoms with Gasteiger partial charge in [0.25, 0.3) is 0 Å². The van der Waals surface area contributed by atoms with Gasteiger partial charge in [0.2, 0.25) is 17.7 Å². The number of hydrogen-bond donors (Lipinski definition) is 1. The van der Waals surface area contributed by atoms with Crippen molar-refractivity contribution in [2.75, 3.05) is 6.61 Å². The first-order valence-corrected chi connectivity index (χ1v) is 6.47. The average molecular weight is 275 g/mol. The first-order valence-electron chi connectivity index (χ1n) is 6.47. The van der Waals surface area contributed by atoms with Gasteiger partial charge in [0, 0.05) is 13.3 Å². The van der Waals surface area contributed by atoms with Gasteiger partial charge in [-0.1, -0.05) is 18.2 Å². The zero-order valence-electron chi connectivity index (χ0n) is 11.3. The Labute approximate surface area is 117 Å². The second-order valence-corrected chi connectivity index (χ2v) is 4.26. The van der Waals surface area contributed by atoms with E-state index in [1.165, 1.54) is 0 Å². The Morgan fingerprint density at radius 1 is 1.30 bits per heavy atom. The molecule has 0 fully saturated rings. The maximum absolute atomic E-state index is 11.6. The predicted octanol–water partition coefficient (Wildman–Crippen LogP) is 1.85. The number of nitrogens with one attached hydrogen (secondary N) is 1. The van der Waals surface area contributed by atoms with Crippen molar-refractivity contribution in [3.8, 4) is 5.75 Å². The van der Waals surface area contributed by atoms with Crippen LogP contribution in [0.25, 0.3) is 0 Å². The lowest BCUT2D eigenvalue weighted by Crippen LogP contribution is -2.23. The van der Waals surface area contributed by atoms with Gasteiger partial charge in [0.1, 0.15) is 5.75 Å². The summed E-state index contributed by atoms with van der Waals surface area (Å²) in [6.07, 6.45) is 1.06. The molecule has 106 valence electrons. The maximum Gasteiger partial charge on any atom is 0.235 e. The lowest BCUT2D eigenvalue weighted by Gasteiger charge is -2.05. The standard InChI is InChI=1S/C14H17N3O3/c1-11-16-17-14(20-11)10-15-13(18)8-5-9-19-12-6-3-2-4-7-12/h2-4,6-7H,5,8-10H2,1H3,(H,15,18). The molecule has 1 amide bonds. The highest BCUT2D eigenvalue weighted by Gasteiger charge is 2.05. The minimum Gasteiger partial charge on any atom is -0.494 e. The molecule has 0 atom stereocenters. The quantitative estimate of drug-likeness (QED) is 0.780. The Kier molecular flexibility index (Phi) is 5.11. The van der Waals surface area contributed by atoms with Crippen LogP contribution in [0.3, 0.4) is 0 Å². The molecule has 1 aromatic heterocycles. The van der Waals surface area contributed by atoms with E-state index in [1.807, 2.05) is 30.3 Å². The van der Waals surface area contributed by atoms with Gasteiger partial charge in [-0.3, -0.25) is 4.79 Å². The van der Waals surface area contributed by atoms with Crippen molar-refractivity contribution in [3.63, 3.8) is 0 Å². The summed E-state index contributed by atoms with van der Waals surface area (Å²) in [6, 6.07) is 9.53. The zero-order valence-corrected chi connectivity index (χ0v) is 11.3. The van der Waals surface area contributed by atoms with Gasteiger partial charge in [0.05, 0.1) is 13.2 Å². The number of aromatic nitrogens is 2. The second kappa shape index (κ2) is 7.28. The van der Waals surface area contributed by atoms with Crippen molar-refractivity contribution in [1.29, 1.82) is 0 Å². The summed E-state index contributed by atoms with van der Waals surface area (Å²) < 4.78 is 10.7. The third-order valence-electron chi connectivity index (χ3n) is 2.56. The summed E-state index contributed by atoms with van der Waals surface area (Å²) in [5, 5.41) is 10.2. The number of para-hydroxylation sites is 1. The Balaban J connectivity index is 1.58. The molecule has 0 radical (unpaired) electrons. The molecule has 0 aliphatic carbocycles. The molecule has 0 bridgehead atoms. The third kappa shape index (κ3) is 4.72. The first kappa shape index (κ1) is 14.0. The maximum atomic E-state index is 11.6. The van der Waals surface area contributed by atoms with E-state index in [0.717, 1.165) is 5.75 Å². The molecule has 0 unspecified atom stereocenters. The Hall–Kier alpha value is -2.37. The molecule has 20 heavy (non-hydrogen) atoms. The summed E-state index contributed by atoms with van der Waals surface area (Å²) in [5.74, 6) is 1.66. The van der Waals surface area contributed by atoms with Gasteiger partial charge in [-0.15, -0.1) is 10.2 Å². The summed E-state index contributed by atoms with van der Waals surface area (Å²) in [6.45, 7) is 2.48. The average Bonchev–Trinajstić information content (AvgIpc) is 2.88. The van der Waals surface area contributed by atoms with E-state index in [9.17, 15) is 4.79 Å². The largest absolute Gasteiger partial charge is 0.494 e. The number of hydrogen-bond acceptors (Lipinski definition) is 5. The van der Waals surface area contributed by atoms with E-state index in [4.69, 9.17) is 9.15 Å². The van der Waals surface area contributed by atoms with Crippen molar-refractivity contribution in [3.05, 3.63) is 42.1 Å². The highest BCUT2D eigenvalue weighted by Crippen LogP contribution is 2.08. The molecule has 1 heterocycles. The van der Waals surface area contributed by atoms with Crippen LogP contribution in [-0.2, 0) is 11.3 Å². The van der Waals surface area contributed by atoms with Crippen LogP contribution in [0.1, 0.15) is 24.6 Å². The van der Waals surface area contributed by atoms with Crippen LogP contribution in [0.5, 0.6) is 5.75 Å². The minimum absolute atomic E-state index is 0.0579. The van der Waals surface area contributed by atoms with Crippen LogP contribution in [-0.4, -0.2) is 22.7 Å². The number of aryl methyl sites for hydroxylation is 1. The molecular formula is C14H17N3O3. The smallest absolute Gasteiger partial charge is 0.235 e. The number of amides is 1. The molecule has 2 rings (SSSR count). The fourth-order valence-electron chi connectivity index (χ4n) is 1.61. The first-order chi connectivity index (χ1) is 9.74. The molecule has 0 aliphatic heterocycles. The van der Waals surface area contributed by atoms with Crippen molar-refractivity contribution in [2.24, 2.45) is 0 Å². The van der Waals surface area contributed by atoms with Crippen LogP contribution >= 0.6 is 0 Å². The van der Waals surface area contributed by atoms with Gasteiger partial charge in [-0.25, -0.2) is 0 Å². The zero-order chi connectivity index (χ0) is 14.2. The fourth-order valence-corrected chi connectivity index (χ4v) is 1.61. The Bertz CT molecular complexity index is 540. The lowest BCUT2D eigenvalue weighted by atomic mass is 10.3. The summed E-state index contributed by atoms with van der Waals surface area (Å²) in [7, 11) is 0. The van der Waals surface area contributed by atoms with Gasteiger partial charge >= 0.3 is 0 Å². The van der Waals surface area contributed by atoms with Crippen molar-refractivity contribution >= 4 is 5.91 Å². The van der Waals surface area contributed by atoms with Crippen molar-refractivity contribution < 1.29 is 13.9 Å². The number of benzene rings is 1. The summed E-state index contributed by atoms with van der Waals surface area (Å²) in [4.78, 5) is 11.6.